The summed E-state index contributed by atoms with van der Waals surface area (Å²) in [7, 11) is 0.976. The van der Waals surface area contributed by atoms with Crippen molar-refractivity contribution in [1.29, 1.82) is 0 Å². The highest BCUT2D eigenvalue weighted by molar-refractivity contribution is 6.08. The van der Waals surface area contributed by atoms with Gasteiger partial charge in [0.1, 0.15) is 23.0 Å². The number of nitrogens with one attached hydrogen (secondary N) is 2. The molecule has 0 aliphatic heterocycles. The summed E-state index contributed by atoms with van der Waals surface area (Å²) in [5.74, 6) is -12.0. The highest BCUT2D eigenvalue weighted by Gasteiger charge is 2.62. The van der Waals surface area contributed by atoms with E-state index in [0.717, 1.165) is 55.6 Å². The smallest absolute Gasteiger partial charge is 0.469 e. The first kappa shape index (κ1) is 26.3. The average molecular weight is 516 g/mol. The summed E-state index contributed by atoms with van der Waals surface area (Å²) >= 11 is 0. The van der Waals surface area contributed by atoms with Crippen LogP contribution in [0.2, 0.25) is 0 Å². The van der Waals surface area contributed by atoms with Gasteiger partial charge in [0.2, 0.25) is 0 Å². The minimum Gasteiger partial charge on any atom is -0.493 e. The lowest BCUT2D eigenvalue weighted by atomic mass is 10.1. The summed E-state index contributed by atoms with van der Waals surface area (Å²) < 4.78 is 108. The van der Waals surface area contributed by atoms with E-state index >= 15 is 0 Å². The molecule has 13 heteroatoms. The van der Waals surface area contributed by atoms with E-state index in [9.17, 15) is 40.3 Å². The van der Waals surface area contributed by atoms with Crippen LogP contribution >= 0.6 is 0 Å². The van der Waals surface area contributed by atoms with Gasteiger partial charge in [-0.2, -0.15) is 17.6 Å². The Balaban J connectivity index is 1.76. The van der Waals surface area contributed by atoms with Crippen LogP contribution < -0.4 is 20.1 Å². The van der Waals surface area contributed by atoms with Gasteiger partial charge in [-0.3, -0.25) is 10.1 Å². The molecule has 0 fully saturated rings. The number of ether oxygens (including phenoxy) is 2. The lowest BCUT2D eigenvalue weighted by Gasteiger charge is -2.27. The Kier molecular flexibility index (Phi) is 7.41. The molecule has 6 nitrogen and oxygen atoms in total. The van der Waals surface area contributed by atoms with Crippen molar-refractivity contribution in [1.82, 2.24) is 5.32 Å². The van der Waals surface area contributed by atoms with Gasteiger partial charge in [-0.05, 0) is 36.4 Å². The number of alkyl halides is 4. The molecule has 3 aromatic carbocycles. The number of hydrogen-bond donors (Lipinski definition) is 2. The van der Waals surface area contributed by atoms with Crippen LogP contribution in [0.1, 0.15) is 15.9 Å². The van der Waals surface area contributed by atoms with Crippen molar-refractivity contribution in [2.45, 2.75) is 12.0 Å². The van der Waals surface area contributed by atoms with E-state index in [2.05, 4.69) is 10.1 Å². The van der Waals surface area contributed by atoms with E-state index in [0.29, 0.717) is 12.1 Å². The molecule has 0 atom stereocenters. The third-order valence-electron chi connectivity index (χ3n) is 4.65. The fourth-order valence-electron chi connectivity index (χ4n) is 2.95. The number of anilines is 1. The molecule has 0 aliphatic rings. The molecule has 3 rings (SSSR count). The second kappa shape index (κ2) is 10.1. The molecule has 0 aromatic heterocycles. The zero-order valence-corrected chi connectivity index (χ0v) is 18.1. The fourth-order valence-corrected chi connectivity index (χ4v) is 2.95. The van der Waals surface area contributed by atoms with Crippen molar-refractivity contribution in [3.63, 3.8) is 0 Å². The molecule has 3 amide bonds. The molecule has 190 valence electrons. The molecule has 0 saturated carbocycles. The van der Waals surface area contributed by atoms with Gasteiger partial charge in [-0.1, -0.05) is 18.2 Å². The molecule has 0 saturated heterocycles. The Labute approximate surface area is 198 Å². The summed E-state index contributed by atoms with van der Waals surface area (Å²) in [6.07, 6.45) is -5.23. The Morgan fingerprint density at radius 2 is 1.42 bits per heavy atom. The van der Waals surface area contributed by atoms with E-state index < -0.39 is 64.0 Å². The van der Waals surface area contributed by atoms with Crippen molar-refractivity contribution >= 4 is 17.6 Å². The first-order valence-corrected chi connectivity index (χ1v) is 9.81. The zero-order chi connectivity index (χ0) is 26.7. The second-order valence-corrected chi connectivity index (χ2v) is 7.04. The fraction of sp³-hybridized carbons (Fsp3) is 0.130. The first-order chi connectivity index (χ1) is 16.9. The van der Waals surface area contributed by atoms with Crippen LogP contribution in [-0.2, 0) is 5.92 Å². The van der Waals surface area contributed by atoms with Gasteiger partial charge in [0.15, 0.2) is 11.5 Å². The van der Waals surface area contributed by atoms with Gasteiger partial charge < -0.3 is 14.8 Å². The topological polar surface area (TPSA) is 76.7 Å². The molecule has 0 aliphatic carbocycles. The van der Waals surface area contributed by atoms with Crippen molar-refractivity contribution in [3.8, 4) is 11.5 Å². The first-order valence-electron chi connectivity index (χ1n) is 9.81. The summed E-state index contributed by atoms with van der Waals surface area (Å²) in [5, 5.41) is 3.74. The SMILES string of the molecule is COc1cc(NC(=O)NC(=O)c2c(F)cccc2F)ccc1OC(F)(F)C(F)(F)c1ccccc1F. The number of carbonyl (C=O) groups is 2. The molecule has 0 heterocycles. The summed E-state index contributed by atoms with van der Waals surface area (Å²) in [4.78, 5) is 24.0. The minimum absolute atomic E-state index is 0.206. The molecular formula is C23H15F7N2O4. The number of methoxy groups -OCH3 is 1. The van der Waals surface area contributed by atoms with Crippen LogP contribution in [0.4, 0.5) is 41.2 Å². The lowest BCUT2D eigenvalue weighted by Crippen LogP contribution is -2.43. The molecule has 0 radical (unpaired) electrons. The lowest BCUT2D eigenvalue weighted by molar-refractivity contribution is -0.317. The molecule has 0 spiro atoms. The monoisotopic (exact) mass is 516 g/mol. The summed E-state index contributed by atoms with van der Waals surface area (Å²) in [6.45, 7) is 0. The van der Waals surface area contributed by atoms with Crippen LogP contribution in [0, 0.1) is 17.5 Å². The number of carbonyl (C=O) groups excluding carboxylic acids is 2. The number of urea groups is 1. The number of rotatable bonds is 7. The summed E-state index contributed by atoms with van der Waals surface area (Å²) in [5.41, 5.74) is -2.82. The van der Waals surface area contributed by atoms with Crippen LogP contribution in [0.3, 0.4) is 0 Å². The molecular weight excluding hydrogens is 501 g/mol. The zero-order valence-electron chi connectivity index (χ0n) is 18.1. The van der Waals surface area contributed by atoms with Gasteiger partial charge >= 0.3 is 18.1 Å². The largest absolute Gasteiger partial charge is 0.493 e. The molecule has 3 aromatic rings. The third kappa shape index (κ3) is 5.34. The van der Waals surface area contributed by atoms with Crippen molar-refractivity contribution in [2.24, 2.45) is 0 Å². The quantitative estimate of drug-likeness (QED) is 0.387. The average Bonchev–Trinajstić information content (AvgIpc) is 2.79. The Bertz CT molecular complexity index is 1280. The number of imide groups is 1. The van der Waals surface area contributed by atoms with Crippen molar-refractivity contribution in [3.05, 3.63) is 89.2 Å². The van der Waals surface area contributed by atoms with Gasteiger partial charge in [0.05, 0.1) is 12.7 Å². The Morgan fingerprint density at radius 1 is 0.806 bits per heavy atom. The number of hydrogen-bond acceptors (Lipinski definition) is 4. The maximum absolute atomic E-state index is 14.4. The Morgan fingerprint density at radius 3 is 2.03 bits per heavy atom. The van der Waals surface area contributed by atoms with E-state index in [1.54, 1.807) is 5.32 Å². The predicted molar refractivity (Wildman–Crippen MR) is 112 cm³/mol. The Hall–Kier alpha value is -4.29. The van der Waals surface area contributed by atoms with E-state index in [-0.39, 0.29) is 5.69 Å². The number of amides is 3. The second-order valence-electron chi connectivity index (χ2n) is 7.04. The molecule has 0 bridgehead atoms. The maximum atomic E-state index is 14.4. The van der Waals surface area contributed by atoms with Crippen molar-refractivity contribution in [2.75, 3.05) is 12.4 Å². The van der Waals surface area contributed by atoms with Gasteiger partial charge in [0, 0.05) is 11.8 Å². The minimum atomic E-state index is -5.23. The molecule has 36 heavy (non-hydrogen) atoms. The van der Waals surface area contributed by atoms with Crippen molar-refractivity contribution < 1.29 is 49.8 Å². The molecule has 0 unspecified atom stereocenters. The summed E-state index contributed by atoms with van der Waals surface area (Å²) in [6, 6.07) is 6.90. The highest BCUT2D eigenvalue weighted by atomic mass is 19.3. The van der Waals surface area contributed by atoms with Gasteiger partial charge in [-0.15, -0.1) is 0 Å². The van der Waals surface area contributed by atoms with Gasteiger partial charge in [-0.25, -0.2) is 18.0 Å². The van der Waals surface area contributed by atoms with E-state index in [1.807, 2.05) is 0 Å². The number of halogens is 7. The van der Waals surface area contributed by atoms with Crippen LogP contribution in [0.5, 0.6) is 11.5 Å². The van der Waals surface area contributed by atoms with Crippen LogP contribution in [0.25, 0.3) is 0 Å². The van der Waals surface area contributed by atoms with Crippen LogP contribution in [0.15, 0.2) is 60.7 Å². The van der Waals surface area contributed by atoms with Gasteiger partial charge in [0.25, 0.3) is 5.91 Å². The molecule has 2 N–H and O–H groups in total. The predicted octanol–water partition coefficient (Wildman–Crippen LogP) is 5.84. The highest BCUT2D eigenvalue weighted by Crippen LogP contribution is 2.46. The normalized spacial score (nSPS) is 11.6. The standard InChI is InChI=1S/C23H15F7N2O4/c1-35-18-11-12(31-21(34)32-20(33)19-15(25)7-4-8-16(19)26)9-10-17(18)36-23(29,30)22(27,28)13-5-2-3-6-14(13)24/h2-11H,1H3,(H2,31,32,33,34). The maximum Gasteiger partial charge on any atom is 0.469 e. The van der Waals surface area contributed by atoms with E-state index in [4.69, 9.17) is 4.74 Å². The number of benzene rings is 3. The van der Waals surface area contributed by atoms with E-state index in [1.165, 1.54) is 0 Å². The third-order valence-corrected chi connectivity index (χ3v) is 4.65. The van der Waals surface area contributed by atoms with Crippen LogP contribution in [-0.4, -0.2) is 25.2 Å².